The molecule has 2 amide bonds. The summed E-state index contributed by atoms with van der Waals surface area (Å²) in [6.07, 6.45) is 3.41. The topological polar surface area (TPSA) is 96.2 Å². The maximum atomic E-state index is 11.9. The van der Waals surface area contributed by atoms with Crippen LogP contribution in [0, 0.1) is 6.92 Å². The van der Waals surface area contributed by atoms with Gasteiger partial charge in [0.05, 0.1) is 17.8 Å². The summed E-state index contributed by atoms with van der Waals surface area (Å²) in [5.41, 5.74) is 1.03. The zero-order valence-corrected chi connectivity index (χ0v) is 11.8. The number of para-hydroxylation sites is 1. The van der Waals surface area contributed by atoms with Gasteiger partial charge < -0.3 is 20.3 Å². The summed E-state index contributed by atoms with van der Waals surface area (Å²) in [5.74, 6) is -0.383. The SMILES string of the molecule is Cc1cccc(C(=O)O)c1NC(=O)NCc1nccn1C. The maximum absolute atomic E-state index is 11.9. The van der Waals surface area contributed by atoms with Crippen LogP contribution in [0.1, 0.15) is 21.7 Å². The lowest BCUT2D eigenvalue weighted by atomic mass is 10.1. The molecule has 0 saturated heterocycles. The fraction of sp³-hybridized carbons (Fsp3) is 0.214. The van der Waals surface area contributed by atoms with Crippen LogP contribution in [-0.2, 0) is 13.6 Å². The van der Waals surface area contributed by atoms with Crippen LogP contribution in [0.25, 0.3) is 0 Å². The van der Waals surface area contributed by atoms with Gasteiger partial charge in [-0.05, 0) is 18.6 Å². The highest BCUT2D eigenvalue weighted by molar-refractivity contribution is 6.00. The standard InChI is InChI=1S/C14H16N4O3/c1-9-4-3-5-10(13(19)20)12(9)17-14(21)16-8-11-15-6-7-18(11)2/h3-7H,8H2,1-2H3,(H,19,20)(H2,16,17,21). The van der Waals surface area contributed by atoms with Crippen molar-refractivity contribution < 1.29 is 14.7 Å². The monoisotopic (exact) mass is 288 g/mol. The van der Waals surface area contributed by atoms with Gasteiger partial charge in [0.25, 0.3) is 0 Å². The van der Waals surface area contributed by atoms with E-state index in [9.17, 15) is 9.59 Å². The Morgan fingerprint density at radius 1 is 1.38 bits per heavy atom. The minimum Gasteiger partial charge on any atom is -0.478 e. The van der Waals surface area contributed by atoms with E-state index in [0.29, 0.717) is 17.1 Å². The van der Waals surface area contributed by atoms with Crippen LogP contribution in [0.2, 0.25) is 0 Å². The minimum absolute atomic E-state index is 0.0575. The van der Waals surface area contributed by atoms with Crippen LogP contribution in [0.5, 0.6) is 0 Å². The van der Waals surface area contributed by atoms with Crippen molar-refractivity contribution >= 4 is 17.7 Å². The lowest BCUT2D eigenvalue weighted by Gasteiger charge is -2.12. The number of benzene rings is 1. The number of anilines is 1. The van der Waals surface area contributed by atoms with Crippen LogP contribution in [0.3, 0.4) is 0 Å². The highest BCUT2D eigenvalue weighted by Crippen LogP contribution is 2.20. The molecule has 0 saturated carbocycles. The summed E-state index contributed by atoms with van der Waals surface area (Å²) in [6, 6.07) is 4.34. The molecular formula is C14H16N4O3. The Kier molecular flexibility index (Phi) is 4.22. The number of aromatic nitrogens is 2. The number of nitrogens with zero attached hydrogens (tertiary/aromatic N) is 2. The zero-order valence-electron chi connectivity index (χ0n) is 11.8. The number of aromatic carboxylic acids is 1. The van der Waals surface area contributed by atoms with Crippen molar-refractivity contribution in [2.75, 3.05) is 5.32 Å². The molecule has 0 aliphatic carbocycles. The molecule has 7 nitrogen and oxygen atoms in total. The molecule has 3 N–H and O–H groups in total. The molecule has 2 aromatic rings. The van der Waals surface area contributed by atoms with Gasteiger partial charge in [0.1, 0.15) is 5.82 Å². The summed E-state index contributed by atoms with van der Waals surface area (Å²) in [5, 5.41) is 14.4. The number of rotatable bonds is 4. The molecule has 0 atom stereocenters. The Labute approximate surface area is 121 Å². The van der Waals surface area contributed by atoms with E-state index in [1.54, 1.807) is 36.0 Å². The number of nitrogens with one attached hydrogen (secondary N) is 2. The van der Waals surface area contributed by atoms with E-state index < -0.39 is 12.0 Å². The number of imidazole rings is 1. The quantitative estimate of drug-likeness (QED) is 0.798. The number of amides is 2. The molecule has 21 heavy (non-hydrogen) atoms. The lowest BCUT2D eigenvalue weighted by Crippen LogP contribution is -2.30. The second-order valence-corrected chi connectivity index (χ2v) is 4.56. The smallest absolute Gasteiger partial charge is 0.337 e. The van der Waals surface area contributed by atoms with E-state index in [1.807, 2.05) is 7.05 Å². The molecule has 1 aromatic carbocycles. The molecule has 0 spiro atoms. The molecule has 1 heterocycles. The Hall–Kier alpha value is -2.83. The van der Waals surface area contributed by atoms with Crippen molar-refractivity contribution in [3.63, 3.8) is 0 Å². The Morgan fingerprint density at radius 2 is 2.14 bits per heavy atom. The largest absolute Gasteiger partial charge is 0.478 e. The fourth-order valence-corrected chi connectivity index (χ4v) is 1.90. The van der Waals surface area contributed by atoms with Gasteiger partial charge in [-0.1, -0.05) is 12.1 Å². The number of hydrogen-bond donors (Lipinski definition) is 3. The van der Waals surface area contributed by atoms with Crippen LogP contribution in [-0.4, -0.2) is 26.7 Å². The normalized spacial score (nSPS) is 10.2. The van der Waals surface area contributed by atoms with E-state index in [0.717, 1.165) is 0 Å². The molecule has 7 heteroatoms. The van der Waals surface area contributed by atoms with Gasteiger partial charge in [-0.3, -0.25) is 0 Å². The zero-order chi connectivity index (χ0) is 15.4. The van der Waals surface area contributed by atoms with Crippen LogP contribution in [0.15, 0.2) is 30.6 Å². The van der Waals surface area contributed by atoms with Crippen molar-refractivity contribution in [2.24, 2.45) is 7.05 Å². The first-order chi connectivity index (χ1) is 9.99. The number of urea groups is 1. The maximum Gasteiger partial charge on any atom is 0.337 e. The fourth-order valence-electron chi connectivity index (χ4n) is 1.90. The predicted molar refractivity (Wildman–Crippen MR) is 77.2 cm³/mol. The number of aryl methyl sites for hydroxylation is 2. The Morgan fingerprint density at radius 3 is 2.76 bits per heavy atom. The summed E-state index contributed by atoms with van der Waals surface area (Å²) in [6.45, 7) is 1.99. The molecule has 2 rings (SSSR count). The number of carbonyl (C=O) groups is 2. The average Bonchev–Trinajstić information content (AvgIpc) is 2.84. The molecule has 0 fully saturated rings. The molecule has 0 bridgehead atoms. The first-order valence-electron chi connectivity index (χ1n) is 6.33. The van der Waals surface area contributed by atoms with Gasteiger partial charge in [-0.2, -0.15) is 0 Å². The van der Waals surface area contributed by atoms with Crippen molar-refractivity contribution in [1.29, 1.82) is 0 Å². The average molecular weight is 288 g/mol. The second-order valence-electron chi connectivity index (χ2n) is 4.56. The van der Waals surface area contributed by atoms with Gasteiger partial charge >= 0.3 is 12.0 Å². The van der Waals surface area contributed by atoms with Crippen LogP contribution in [0.4, 0.5) is 10.5 Å². The Balaban J connectivity index is 2.06. The van der Waals surface area contributed by atoms with E-state index in [1.165, 1.54) is 6.07 Å². The second kappa shape index (κ2) is 6.08. The number of hydrogen-bond acceptors (Lipinski definition) is 3. The Bertz CT molecular complexity index is 679. The molecule has 110 valence electrons. The third-order valence-corrected chi connectivity index (χ3v) is 3.07. The summed E-state index contributed by atoms with van der Waals surface area (Å²) in [4.78, 5) is 27.1. The third-order valence-electron chi connectivity index (χ3n) is 3.07. The van der Waals surface area contributed by atoms with Crippen molar-refractivity contribution in [1.82, 2.24) is 14.9 Å². The third kappa shape index (κ3) is 3.38. The number of carbonyl (C=O) groups excluding carboxylic acids is 1. The van der Waals surface area contributed by atoms with Crippen LogP contribution < -0.4 is 10.6 Å². The van der Waals surface area contributed by atoms with Gasteiger partial charge in [0.2, 0.25) is 0 Å². The molecule has 0 unspecified atom stereocenters. The lowest BCUT2D eigenvalue weighted by molar-refractivity contribution is 0.0698. The molecule has 0 aliphatic rings. The number of carboxylic acid groups (broad SMARTS) is 1. The van der Waals surface area contributed by atoms with Gasteiger partial charge in [-0.25, -0.2) is 14.6 Å². The van der Waals surface area contributed by atoms with E-state index >= 15 is 0 Å². The van der Waals surface area contributed by atoms with Crippen molar-refractivity contribution in [2.45, 2.75) is 13.5 Å². The molecule has 0 radical (unpaired) electrons. The van der Waals surface area contributed by atoms with Crippen LogP contribution >= 0.6 is 0 Å². The van der Waals surface area contributed by atoms with Gasteiger partial charge in [0, 0.05) is 19.4 Å². The van der Waals surface area contributed by atoms with Gasteiger partial charge in [0.15, 0.2) is 0 Å². The minimum atomic E-state index is -1.09. The highest BCUT2D eigenvalue weighted by atomic mass is 16.4. The predicted octanol–water partition coefficient (Wildman–Crippen LogP) is 1.75. The van der Waals surface area contributed by atoms with Gasteiger partial charge in [-0.15, -0.1) is 0 Å². The van der Waals surface area contributed by atoms with Crippen molar-refractivity contribution in [3.05, 3.63) is 47.5 Å². The summed E-state index contributed by atoms with van der Waals surface area (Å²) >= 11 is 0. The number of carboxylic acids is 1. The first-order valence-corrected chi connectivity index (χ1v) is 6.33. The molecular weight excluding hydrogens is 272 g/mol. The molecule has 0 aliphatic heterocycles. The highest BCUT2D eigenvalue weighted by Gasteiger charge is 2.14. The molecule has 1 aromatic heterocycles. The van der Waals surface area contributed by atoms with E-state index in [4.69, 9.17) is 5.11 Å². The van der Waals surface area contributed by atoms with E-state index in [2.05, 4.69) is 15.6 Å². The summed E-state index contributed by atoms with van der Waals surface area (Å²) < 4.78 is 1.79. The van der Waals surface area contributed by atoms with Crippen molar-refractivity contribution in [3.8, 4) is 0 Å². The first kappa shape index (κ1) is 14.6. The summed E-state index contributed by atoms with van der Waals surface area (Å²) in [7, 11) is 1.83. The van der Waals surface area contributed by atoms with E-state index in [-0.39, 0.29) is 12.1 Å².